The maximum Gasteiger partial charge on any atom is 0.409 e. The third kappa shape index (κ3) is 3.69. The molecule has 1 aromatic rings. The molecule has 2 heterocycles. The Balaban J connectivity index is 1.91. The number of hydrogen-bond donors (Lipinski definition) is 1. The molecule has 0 saturated carbocycles. The van der Waals surface area contributed by atoms with Gasteiger partial charge in [0.25, 0.3) is 0 Å². The van der Waals surface area contributed by atoms with Gasteiger partial charge in [-0.1, -0.05) is 0 Å². The first-order valence-corrected chi connectivity index (χ1v) is 6.83. The Kier molecular flexibility index (Phi) is 4.92. The van der Waals surface area contributed by atoms with Crippen LogP contribution in [0.2, 0.25) is 0 Å². The molecule has 108 valence electrons. The molecule has 20 heavy (non-hydrogen) atoms. The van der Waals surface area contributed by atoms with Crippen molar-refractivity contribution in [3.63, 3.8) is 0 Å². The summed E-state index contributed by atoms with van der Waals surface area (Å²) < 4.78 is 4.97. The van der Waals surface area contributed by atoms with Gasteiger partial charge in [0.05, 0.1) is 24.4 Å². The van der Waals surface area contributed by atoms with Crippen molar-refractivity contribution in [2.45, 2.75) is 19.8 Å². The zero-order chi connectivity index (χ0) is 14.4. The number of rotatable bonds is 3. The second-order valence-electron chi connectivity index (χ2n) is 4.72. The molecule has 1 aliphatic heterocycles. The van der Waals surface area contributed by atoms with E-state index in [-0.39, 0.29) is 17.9 Å². The second kappa shape index (κ2) is 6.88. The Morgan fingerprint density at radius 2 is 2.40 bits per heavy atom. The number of aromatic nitrogens is 1. The summed E-state index contributed by atoms with van der Waals surface area (Å²) in [6.45, 7) is 3.18. The molecular formula is C14H19N3O3. The standard InChI is InChI=1S/C14H19N3O3/c1-2-20-14(19)17-8-4-5-11(10-17)13(18)16-12-6-3-7-15-9-12/h3,6-7,9,11H,2,4-5,8,10H2,1H3,(H,16,18)/t11-/m1/s1. The summed E-state index contributed by atoms with van der Waals surface area (Å²) in [5, 5.41) is 2.82. The Morgan fingerprint density at radius 1 is 1.55 bits per heavy atom. The van der Waals surface area contributed by atoms with Crippen LogP contribution in [0.3, 0.4) is 0 Å². The van der Waals surface area contributed by atoms with E-state index < -0.39 is 0 Å². The molecule has 1 saturated heterocycles. The number of piperidine rings is 1. The molecule has 0 unspecified atom stereocenters. The third-order valence-electron chi connectivity index (χ3n) is 3.25. The van der Waals surface area contributed by atoms with Gasteiger partial charge in [0.2, 0.25) is 5.91 Å². The van der Waals surface area contributed by atoms with Gasteiger partial charge in [0, 0.05) is 19.3 Å². The number of likely N-dealkylation sites (tertiary alicyclic amines) is 1. The molecule has 2 rings (SSSR count). The number of amides is 2. The van der Waals surface area contributed by atoms with E-state index in [1.165, 1.54) is 0 Å². The van der Waals surface area contributed by atoms with E-state index >= 15 is 0 Å². The van der Waals surface area contributed by atoms with Crippen LogP contribution in [0.4, 0.5) is 10.5 Å². The number of pyridine rings is 1. The molecule has 1 fully saturated rings. The van der Waals surface area contributed by atoms with Crippen LogP contribution < -0.4 is 5.32 Å². The van der Waals surface area contributed by atoms with Crippen molar-refractivity contribution in [3.8, 4) is 0 Å². The van der Waals surface area contributed by atoms with Gasteiger partial charge in [0.1, 0.15) is 0 Å². The molecule has 0 aliphatic carbocycles. The van der Waals surface area contributed by atoms with Gasteiger partial charge < -0.3 is 15.0 Å². The Hall–Kier alpha value is -2.11. The molecule has 6 heteroatoms. The van der Waals surface area contributed by atoms with E-state index in [0.29, 0.717) is 25.4 Å². The normalized spacial score (nSPS) is 18.4. The highest BCUT2D eigenvalue weighted by molar-refractivity contribution is 5.92. The van der Waals surface area contributed by atoms with E-state index in [1.54, 1.807) is 36.4 Å². The van der Waals surface area contributed by atoms with Crippen molar-refractivity contribution < 1.29 is 14.3 Å². The fourth-order valence-electron chi connectivity index (χ4n) is 2.25. The molecule has 1 aromatic heterocycles. The lowest BCUT2D eigenvalue weighted by molar-refractivity contribution is -0.121. The molecule has 6 nitrogen and oxygen atoms in total. The van der Waals surface area contributed by atoms with E-state index in [4.69, 9.17) is 4.74 Å². The highest BCUT2D eigenvalue weighted by Gasteiger charge is 2.29. The van der Waals surface area contributed by atoms with Crippen LogP contribution >= 0.6 is 0 Å². The lowest BCUT2D eigenvalue weighted by Crippen LogP contribution is -2.44. The number of hydrogen-bond acceptors (Lipinski definition) is 4. The van der Waals surface area contributed by atoms with Crippen LogP contribution in [0.25, 0.3) is 0 Å². The minimum Gasteiger partial charge on any atom is -0.450 e. The Morgan fingerprint density at radius 3 is 3.10 bits per heavy atom. The summed E-state index contributed by atoms with van der Waals surface area (Å²) in [6, 6.07) is 3.55. The van der Waals surface area contributed by atoms with Crippen molar-refractivity contribution in [1.29, 1.82) is 0 Å². The Labute approximate surface area is 118 Å². The number of nitrogens with one attached hydrogen (secondary N) is 1. The zero-order valence-corrected chi connectivity index (χ0v) is 11.5. The third-order valence-corrected chi connectivity index (χ3v) is 3.25. The predicted octanol–water partition coefficient (Wildman–Crippen LogP) is 1.89. The quantitative estimate of drug-likeness (QED) is 0.915. The van der Waals surface area contributed by atoms with Crippen molar-refractivity contribution >= 4 is 17.7 Å². The summed E-state index contributed by atoms with van der Waals surface area (Å²) in [7, 11) is 0. The highest BCUT2D eigenvalue weighted by atomic mass is 16.6. The van der Waals surface area contributed by atoms with Crippen molar-refractivity contribution in [2.24, 2.45) is 5.92 Å². The predicted molar refractivity (Wildman–Crippen MR) is 74.2 cm³/mol. The number of anilines is 1. The molecule has 0 radical (unpaired) electrons. The van der Waals surface area contributed by atoms with E-state index in [0.717, 1.165) is 12.8 Å². The molecule has 1 aliphatic rings. The second-order valence-corrected chi connectivity index (χ2v) is 4.72. The van der Waals surface area contributed by atoms with Gasteiger partial charge in [-0.15, -0.1) is 0 Å². The number of carbonyl (C=O) groups is 2. The van der Waals surface area contributed by atoms with Gasteiger partial charge in [0.15, 0.2) is 0 Å². The topological polar surface area (TPSA) is 71.5 Å². The number of ether oxygens (including phenoxy) is 1. The van der Waals surface area contributed by atoms with Crippen molar-refractivity contribution in [3.05, 3.63) is 24.5 Å². The van der Waals surface area contributed by atoms with Crippen molar-refractivity contribution in [2.75, 3.05) is 25.0 Å². The summed E-state index contributed by atoms with van der Waals surface area (Å²) in [5.74, 6) is -0.277. The maximum absolute atomic E-state index is 12.2. The van der Waals surface area contributed by atoms with Crippen LogP contribution in [0.15, 0.2) is 24.5 Å². The van der Waals surface area contributed by atoms with Crippen LogP contribution in [0, 0.1) is 5.92 Å². The lowest BCUT2D eigenvalue weighted by Gasteiger charge is -2.31. The summed E-state index contributed by atoms with van der Waals surface area (Å²) >= 11 is 0. The molecule has 2 amide bonds. The fraction of sp³-hybridized carbons (Fsp3) is 0.500. The van der Waals surface area contributed by atoms with E-state index in [2.05, 4.69) is 10.3 Å². The van der Waals surface area contributed by atoms with Crippen molar-refractivity contribution in [1.82, 2.24) is 9.88 Å². The lowest BCUT2D eigenvalue weighted by atomic mass is 9.97. The number of nitrogens with zero attached hydrogens (tertiary/aromatic N) is 2. The van der Waals surface area contributed by atoms with Gasteiger partial charge in [-0.05, 0) is 31.9 Å². The first-order valence-electron chi connectivity index (χ1n) is 6.83. The van der Waals surface area contributed by atoms with Crippen LogP contribution in [-0.4, -0.2) is 41.6 Å². The zero-order valence-electron chi connectivity index (χ0n) is 11.5. The highest BCUT2D eigenvalue weighted by Crippen LogP contribution is 2.19. The average molecular weight is 277 g/mol. The fourth-order valence-corrected chi connectivity index (χ4v) is 2.25. The number of carbonyl (C=O) groups excluding carboxylic acids is 2. The SMILES string of the molecule is CCOC(=O)N1CCC[C@@H](C(=O)Nc2cccnc2)C1. The Bertz CT molecular complexity index is 464. The monoisotopic (exact) mass is 277 g/mol. The minimum atomic E-state index is -0.341. The van der Waals surface area contributed by atoms with Crippen LogP contribution in [0.5, 0.6) is 0 Å². The molecule has 0 bridgehead atoms. The molecule has 0 aromatic carbocycles. The van der Waals surface area contributed by atoms with Gasteiger partial charge in [-0.2, -0.15) is 0 Å². The largest absolute Gasteiger partial charge is 0.450 e. The average Bonchev–Trinajstić information content (AvgIpc) is 2.48. The smallest absolute Gasteiger partial charge is 0.409 e. The van der Waals surface area contributed by atoms with E-state index in [1.807, 2.05) is 0 Å². The summed E-state index contributed by atoms with van der Waals surface area (Å²) in [5.41, 5.74) is 0.672. The van der Waals surface area contributed by atoms with Gasteiger partial charge in [-0.3, -0.25) is 9.78 Å². The maximum atomic E-state index is 12.2. The minimum absolute atomic E-state index is 0.0769. The summed E-state index contributed by atoms with van der Waals surface area (Å²) in [6.07, 6.45) is 4.50. The molecule has 0 spiro atoms. The van der Waals surface area contributed by atoms with Crippen LogP contribution in [-0.2, 0) is 9.53 Å². The first kappa shape index (κ1) is 14.3. The molecular weight excluding hydrogens is 258 g/mol. The first-order chi connectivity index (χ1) is 9.70. The summed E-state index contributed by atoms with van der Waals surface area (Å²) in [4.78, 5) is 29.4. The van der Waals surface area contributed by atoms with E-state index in [9.17, 15) is 9.59 Å². The molecule has 1 atom stereocenters. The van der Waals surface area contributed by atoms with Crippen LogP contribution in [0.1, 0.15) is 19.8 Å². The van der Waals surface area contributed by atoms with Gasteiger partial charge >= 0.3 is 6.09 Å². The van der Waals surface area contributed by atoms with Gasteiger partial charge in [-0.25, -0.2) is 4.79 Å². The molecule has 1 N–H and O–H groups in total.